The first-order chi connectivity index (χ1) is 12.9. The summed E-state index contributed by atoms with van der Waals surface area (Å²) in [7, 11) is 1.94. The number of anilines is 1. The maximum atomic E-state index is 11.0. The Morgan fingerprint density at radius 3 is 2.70 bits per heavy atom. The molecule has 1 aromatic heterocycles. The van der Waals surface area contributed by atoms with E-state index in [9.17, 15) is 15.4 Å². The summed E-state index contributed by atoms with van der Waals surface area (Å²) in [6, 6.07) is 8.23. The van der Waals surface area contributed by atoms with Crippen molar-refractivity contribution in [3.8, 4) is 6.07 Å². The van der Waals surface area contributed by atoms with Crippen molar-refractivity contribution < 1.29 is 9.66 Å². The van der Waals surface area contributed by atoms with Gasteiger partial charge in [-0.05, 0) is 26.0 Å². The highest BCUT2D eigenvalue weighted by molar-refractivity contribution is 5.88. The van der Waals surface area contributed by atoms with Crippen LogP contribution >= 0.6 is 0 Å². The summed E-state index contributed by atoms with van der Waals surface area (Å²) in [5.41, 5.74) is 0.923. The number of fused-ring (bicyclic) bond motifs is 1. The van der Waals surface area contributed by atoms with Crippen LogP contribution in [0.1, 0.15) is 19.4 Å². The SMILES string of the molecule is C[C@@H]1CN(CCN(C)c2cc(C#N)c3cc([N+](=O)[O-])ccc3n2)C[C@H](C)O1. The van der Waals surface area contributed by atoms with Crippen molar-refractivity contribution in [2.24, 2.45) is 0 Å². The number of hydrogen-bond acceptors (Lipinski definition) is 7. The van der Waals surface area contributed by atoms with E-state index in [1.54, 1.807) is 12.1 Å². The van der Waals surface area contributed by atoms with Crippen molar-refractivity contribution in [3.63, 3.8) is 0 Å². The molecule has 142 valence electrons. The predicted molar refractivity (Wildman–Crippen MR) is 103 cm³/mol. The molecule has 2 atom stereocenters. The van der Waals surface area contributed by atoms with Crippen LogP contribution in [0.4, 0.5) is 11.5 Å². The van der Waals surface area contributed by atoms with Gasteiger partial charge in [-0.2, -0.15) is 5.26 Å². The summed E-state index contributed by atoms with van der Waals surface area (Å²) in [4.78, 5) is 19.5. The molecule has 1 fully saturated rings. The van der Waals surface area contributed by atoms with Crippen LogP contribution in [0.3, 0.4) is 0 Å². The Bertz CT molecular complexity index is 885. The van der Waals surface area contributed by atoms with Crippen molar-refractivity contribution >= 4 is 22.4 Å². The number of aromatic nitrogens is 1. The molecule has 8 heteroatoms. The number of morpholine rings is 1. The van der Waals surface area contributed by atoms with Gasteiger partial charge in [0.05, 0.1) is 34.3 Å². The molecule has 1 aliphatic heterocycles. The molecule has 0 radical (unpaired) electrons. The number of nitro groups is 1. The fourth-order valence-electron chi connectivity index (χ4n) is 3.47. The summed E-state index contributed by atoms with van der Waals surface area (Å²) in [5.74, 6) is 0.683. The van der Waals surface area contributed by atoms with Gasteiger partial charge in [0, 0.05) is 50.7 Å². The fraction of sp³-hybridized carbons (Fsp3) is 0.474. The third-order valence-corrected chi connectivity index (χ3v) is 4.75. The van der Waals surface area contributed by atoms with E-state index in [2.05, 4.69) is 29.8 Å². The zero-order valence-electron chi connectivity index (χ0n) is 15.8. The van der Waals surface area contributed by atoms with Crippen molar-refractivity contribution in [2.75, 3.05) is 38.1 Å². The first-order valence-corrected chi connectivity index (χ1v) is 8.95. The molecule has 2 aromatic rings. The molecule has 0 spiro atoms. The van der Waals surface area contributed by atoms with E-state index >= 15 is 0 Å². The Kier molecular flexibility index (Phi) is 5.54. The second-order valence-corrected chi connectivity index (χ2v) is 7.04. The minimum atomic E-state index is -0.467. The minimum Gasteiger partial charge on any atom is -0.373 e. The molecule has 0 saturated carbocycles. The lowest BCUT2D eigenvalue weighted by Gasteiger charge is -2.36. The number of likely N-dealkylation sites (N-methyl/N-ethyl adjacent to an activating group) is 1. The normalized spacial score (nSPS) is 20.4. The van der Waals surface area contributed by atoms with Crippen molar-refractivity contribution in [2.45, 2.75) is 26.1 Å². The van der Waals surface area contributed by atoms with Crippen LogP contribution in [0, 0.1) is 21.4 Å². The highest BCUT2D eigenvalue weighted by atomic mass is 16.6. The molecular weight excluding hydrogens is 346 g/mol. The van der Waals surface area contributed by atoms with Crippen molar-refractivity contribution in [1.82, 2.24) is 9.88 Å². The lowest BCUT2D eigenvalue weighted by atomic mass is 10.1. The fourth-order valence-corrected chi connectivity index (χ4v) is 3.47. The topological polar surface area (TPSA) is 95.5 Å². The number of non-ortho nitro benzene ring substituents is 1. The maximum absolute atomic E-state index is 11.0. The Morgan fingerprint density at radius 1 is 1.37 bits per heavy atom. The first-order valence-electron chi connectivity index (χ1n) is 8.95. The third kappa shape index (κ3) is 4.32. The quantitative estimate of drug-likeness (QED) is 0.590. The molecule has 3 rings (SSSR count). The van der Waals surface area contributed by atoms with Gasteiger partial charge in [-0.3, -0.25) is 15.0 Å². The van der Waals surface area contributed by atoms with Crippen molar-refractivity contribution in [1.29, 1.82) is 5.26 Å². The summed E-state index contributed by atoms with van der Waals surface area (Å²) >= 11 is 0. The van der Waals surface area contributed by atoms with Gasteiger partial charge in [0.25, 0.3) is 5.69 Å². The molecule has 27 heavy (non-hydrogen) atoms. The molecule has 0 amide bonds. The van der Waals surface area contributed by atoms with Crippen LogP contribution in [0.2, 0.25) is 0 Å². The summed E-state index contributed by atoms with van der Waals surface area (Å²) in [5, 5.41) is 21.0. The van der Waals surface area contributed by atoms with Gasteiger partial charge in [-0.15, -0.1) is 0 Å². The Morgan fingerprint density at radius 2 is 2.07 bits per heavy atom. The number of rotatable bonds is 5. The van der Waals surface area contributed by atoms with E-state index in [0.717, 1.165) is 26.2 Å². The minimum absolute atomic E-state index is 0.0440. The number of nitro benzene ring substituents is 1. The second kappa shape index (κ2) is 7.86. The van der Waals surface area contributed by atoms with Crippen LogP contribution in [0.15, 0.2) is 24.3 Å². The maximum Gasteiger partial charge on any atom is 0.270 e. The molecule has 1 aromatic carbocycles. The number of nitriles is 1. The summed E-state index contributed by atoms with van der Waals surface area (Å²) in [6.07, 6.45) is 0.442. The first kappa shape index (κ1) is 19.0. The number of nitrogens with zero attached hydrogens (tertiary/aromatic N) is 5. The van der Waals surface area contributed by atoms with E-state index in [4.69, 9.17) is 4.74 Å². The molecule has 1 saturated heterocycles. The van der Waals surface area contributed by atoms with E-state index in [0.29, 0.717) is 22.3 Å². The Balaban J connectivity index is 1.78. The van der Waals surface area contributed by atoms with E-state index in [1.807, 2.05) is 11.9 Å². The van der Waals surface area contributed by atoms with Crippen LogP contribution < -0.4 is 4.90 Å². The van der Waals surface area contributed by atoms with E-state index in [1.165, 1.54) is 12.1 Å². The Labute approximate surface area is 158 Å². The van der Waals surface area contributed by atoms with Crippen LogP contribution in [0.25, 0.3) is 10.9 Å². The average Bonchev–Trinajstić information content (AvgIpc) is 2.63. The van der Waals surface area contributed by atoms with Gasteiger partial charge in [0.2, 0.25) is 0 Å². The molecule has 8 nitrogen and oxygen atoms in total. The Hall–Kier alpha value is -2.76. The molecular formula is C19H23N5O3. The highest BCUT2D eigenvalue weighted by Crippen LogP contribution is 2.26. The van der Waals surface area contributed by atoms with E-state index in [-0.39, 0.29) is 17.9 Å². The monoisotopic (exact) mass is 369 g/mol. The zero-order valence-corrected chi connectivity index (χ0v) is 15.8. The lowest BCUT2D eigenvalue weighted by Crippen LogP contribution is -2.47. The van der Waals surface area contributed by atoms with Gasteiger partial charge in [-0.1, -0.05) is 0 Å². The number of ether oxygens (including phenoxy) is 1. The number of pyridine rings is 1. The predicted octanol–water partition coefficient (Wildman–Crippen LogP) is 2.56. The molecule has 2 heterocycles. The molecule has 0 unspecified atom stereocenters. The van der Waals surface area contributed by atoms with Crippen molar-refractivity contribution in [3.05, 3.63) is 39.9 Å². The van der Waals surface area contributed by atoms with E-state index < -0.39 is 4.92 Å². The number of benzene rings is 1. The number of hydrogen-bond donors (Lipinski definition) is 0. The highest BCUT2D eigenvalue weighted by Gasteiger charge is 2.22. The van der Waals surface area contributed by atoms with Gasteiger partial charge in [-0.25, -0.2) is 4.98 Å². The largest absolute Gasteiger partial charge is 0.373 e. The van der Waals surface area contributed by atoms with Crippen LogP contribution in [-0.2, 0) is 4.74 Å². The van der Waals surface area contributed by atoms with Crippen LogP contribution in [0.5, 0.6) is 0 Å². The molecule has 1 aliphatic rings. The smallest absolute Gasteiger partial charge is 0.270 e. The average molecular weight is 369 g/mol. The van der Waals surface area contributed by atoms with Gasteiger partial charge in [0.15, 0.2) is 0 Å². The summed E-state index contributed by atoms with van der Waals surface area (Å²) in [6.45, 7) is 7.59. The molecule has 0 bridgehead atoms. The lowest BCUT2D eigenvalue weighted by molar-refractivity contribution is -0.384. The third-order valence-electron chi connectivity index (χ3n) is 4.75. The second-order valence-electron chi connectivity index (χ2n) is 7.04. The molecule has 0 aliphatic carbocycles. The van der Waals surface area contributed by atoms with Gasteiger partial charge >= 0.3 is 0 Å². The standard InChI is InChI=1S/C19H23N5O3/c1-13-11-23(12-14(2)27-13)7-6-22(3)19-8-15(10-20)17-9-16(24(25)26)4-5-18(17)21-19/h4-5,8-9,13-14H,6-7,11-12H2,1-3H3/t13-,14+. The van der Waals surface area contributed by atoms with Crippen LogP contribution in [-0.4, -0.2) is 60.2 Å². The van der Waals surface area contributed by atoms with Gasteiger partial charge < -0.3 is 9.64 Å². The summed E-state index contributed by atoms with van der Waals surface area (Å²) < 4.78 is 5.76. The molecule has 0 N–H and O–H groups in total. The van der Waals surface area contributed by atoms with Gasteiger partial charge in [0.1, 0.15) is 5.82 Å². The zero-order chi connectivity index (χ0) is 19.6.